The van der Waals surface area contributed by atoms with E-state index in [1.54, 1.807) is 12.4 Å². The Labute approximate surface area is 119 Å². The van der Waals surface area contributed by atoms with Crippen molar-refractivity contribution < 1.29 is 9.53 Å². The first-order chi connectivity index (χ1) is 9.24. The van der Waals surface area contributed by atoms with Gasteiger partial charge >= 0.3 is 6.09 Å². The average molecular weight is 323 g/mol. The number of carbonyl (C=O) groups is 1. The third-order valence-corrected chi connectivity index (χ3v) is 3.96. The van der Waals surface area contributed by atoms with Gasteiger partial charge in [-0.3, -0.25) is 9.55 Å². The average Bonchev–Trinajstić information content (AvgIpc) is 2.82. The Bertz CT molecular complexity index is 603. The predicted octanol–water partition coefficient (Wildman–Crippen LogP) is 4.12. The zero-order valence-corrected chi connectivity index (χ0v) is 12.1. The van der Waals surface area contributed by atoms with Gasteiger partial charge in [-0.15, -0.1) is 0 Å². The minimum atomic E-state index is -0.304. The normalized spacial score (nSPS) is 16.7. The highest BCUT2D eigenvalue weighted by atomic mass is 79.9. The van der Waals surface area contributed by atoms with Gasteiger partial charge in [-0.05, 0) is 53.7 Å². The Hall–Kier alpha value is -1.36. The summed E-state index contributed by atoms with van der Waals surface area (Å²) in [6.45, 7) is 0. The maximum atomic E-state index is 12.2. The number of ether oxygens (including phenoxy) is 1. The molecule has 0 aromatic carbocycles. The van der Waals surface area contributed by atoms with Crippen LogP contribution in [0, 0.1) is 0 Å². The molecule has 0 unspecified atom stereocenters. The fourth-order valence-corrected chi connectivity index (χ4v) is 2.85. The molecule has 0 saturated heterocycles. The van der Waals surface area contributed by atoms with Gasteiger partial charge in [0.15, 0.2) is 0 Å². The lowest BCUT2D eigenvalue weighted by Crippen LogP contribution is -2.23. The second-order valence-electron chi connectivity index (χ2n) is 4.89. The maximum Gasteiger partial charge on any atom is 0.418 e. The second-order valence-corrected chi connectivity index (χ2v) is 5.80. The van der Waals surface area contributed by atoms with Crippen molar-refractivity contribution in [1.82, 2.24) is 9.55 Å². The summed E-state index contributed by atoms with van der Waals surface area (Å²) >= 11 is 3.37. The summed E-state index contributed by atoms with van der Waals surface area (Å²) in [5.41, 5.74) is 1.57. The molecule has 0 N–H and O–H groups in total. The van der Waals surface area contributed by atoms with Crippen LogP contribution in [0.15, 0.2) is 29.0 Å². The lowest BCUT2D eigenvalue weighted by atomic mass is 9.98. The van der Waals surface area contributed by atoms with Crippen LogP contribution in [0.3, 0.4) is 0 Å². The molecule has 1 aliphatic rings. The van der Waals surface area contributed by atoms with Gasteiger partial charge in [-0.1, -0.05) is 6.42 Å². The van der Waals surface area contributed by atoms with Crippen LogP contribution < -0.4 is 0 Å². The molecule has 2 aromatic heterocycles. The molecular formula is C14H15BrN2O2. The van der Waals surface area contributed by atoms with E-state index in [1.165, 1.54) is 11.0 Å². The monoisotopic (exact) mass is 322 g/mol. The quantitative estimate of drug-likeness (QED) is 0.793. The number of pyridine rings is 1. The summed E-state index contributed by atoms with van der Waals surface area (Å²) in [4.78, 5) is 16.5. The van der Waals surface area contributed by atoms with E-state index in [0.29, 0.717) is 0 Å². The highest BCUT2D eigenvalue weighted by Crippen LogP contribution is 2.23. The van der Waals surface area contributed by atoms with Gasteiger partial charge in [-0.2, -0.15) is 0 Å². The Morgan fingerprint density at radius 2 is 2.16 bits per heavy atom. The molecule has 0 bridgehead atoms. The molecule has 1 aliphatic carbocycles. The number of hydrogen-bond acceptors (Lipinski definition) is 3. The Kier molecular flexibility index (Phi) is 3.55. The van der Waals surface area contributed by atoms with Gasteiger partial charge in [0, 0.05) is 16.9 Å². The van der Waals surface area contributed by atoms with Crippen molar-refractivity contribution in [2.24, 2.45) is 0 Å². The van der Waals surface area contributed by atoms with Crippen LogP contribution >= 0.6 is 15.9 Å². The lowest BCUT2D eigenvalue weighted by molar-refractivity contribution is 0.0772. The first-order valence-electron chi connectivity index (χ1n) is 6.57. The number of halogens is 1. The highest BCUT2D eigenvalue weighted by Gasteiger charge is 2.19. The highest BCUT2D eigenvalue weighted by molar-refractivity contribution is 9.10. The smallest absolute Gasteiger partial charge is 0.418 e. The summed E-state index contributed by atoms with van der Waals surface area (Å²) in [6.07, 6.45) is 8.71. The fourth-order valence-electron chi connectivity index (χ4n) is 2.53. The van der Waals surface area contributed by atoms with E-state index < -0.39 is 0 Å². The molecule has 1 fully saturated rings. The van der Waals surface area contributed by atoms with Crippen molar-refractivity contribution in [3.63, 3.8) is 0 Å². The van der Waals surface area contributed by atoms with E-state index in [0.717, 1.165) is 41.2 Å². The molecule has 2 aromatic rings. The Balaban J connectivity index is 1.82. The molecule has 0 spiro atoms. The van der Waals surface area contributed by atoms with E-state index in [4.69, 9.17) is 4.74 Å². The number of fused-ring (bicyclic) bond motifs is 1. The van der Waals surface area contributed by atoms with Crippen LogP contribution in [-0.2, 0) is 4.74 Å². The molecule has 0 atom stereocenters. The predicted molar refractivity (Wildman–Crippen MR) is 76.2 cm³/mol. The Morgan fingerprint density at radius 3 is 2.95 bits per heavy atom. The molecule has 100 valence electrons. The summed E-state index contributed by atoms with van der Waals surface area (Å²) < 4.78 is 7.95. The number of rotatable bonds is 1. The van der Waals surface area contributed by atoms with Gasteiger partial charge in [0.1, 0.15) is 6.10 Å². The Morgan fingerprint density at radius 1 is 1.37 bits per heavy atom. The van der Waals surface area contributed by atoms with Crippen LogP contribution in [0.5, 0.6) is 0 Å². The molecule has 5 heteroatoms. The maximum absolute atomic E-state index is 12.2. The number of hydrogen-bond donors (Lipinski definition) is 0. The van der Waals surface area contributed by atoms with Crippen LogP contribution in [0.25, 0.3) is 11.0 Å². The molecule has 3 rings (SSSR count). The summed E-state index contributed by atoms with van der Waals surface area (Å²) in [5.74, 6) is 0. The van der Waals surface area contributed by atoms with E-state index in [2.05, 4.69) is 20.9 Å². The molecule has 19 heavy (non-hydrogen) atoms. The third-order valence-electron chi connectivity index (χ3n) is 3.52. The van der Waals surface area contributed by atoms with Crippen molar-refractivity contribution in [2.75, 3.05) is 0 Å². The molecule has 0 aliphatic heterocycles. The van der Waals surface area contributed by atoms with E-state index >= 15 is 0 Å². The minimum Gasteiger partial charge on any atom is -0.446 e. The van der Waals surface area contributed by atoms with Gasteiger partial charge in [-0.25, -0.2) is 4.79 Å². The first-order valence-corrected chi connectivity index (χ1v) is 7.37. The number of carbonyl (C=O) groups excluding carboxylic acids is 1. The molecule has 0 radical (unpaired) electrons. The van der Waals surface area contributed by atoms with Crippen molar-refractivity contribution in [2.45, 2.75) is 38.2 Å². The topological polar surface area (TPSA) is 44.1 Å². The molecule has 2 heterocycles. The van der Waals surface area contributed by atoms with Crippen LogP contribution in [0.4, 0.5) is 4.79 Å². The molecular weight excluding hydrogens is 308 g/mol. The molecule has 4 nitrogen and oxygen atoms in total. The fraction of sp³-hybridized carbons (Fsp3) is 0.429. The SMILES string of the molecule is O=C(OC1CCCCC1)n1ccc2ncc(Br)cc21. The standard InChI is InChI=1S/C14H15BrN2O2/c15-10-8-13-12(16-9-10)6-7-17(13)14(18)19-11-4-2-1-3-5-11/h6-9,11H,1-5H2. The number of aromatic nitrogens is 2. The van der Waals surface area contributed by atoms with Crippen LogP contribution in [-0.4, -0.2) is 21.7 Å². The minimum absolute atomic E-state index is 0.0683. The summed E-state index contributed by atoms with van der Waals surface area (Å²) in [5, 5.41) is 0. The zero-order chi connectivity index (χ0) is 13.2. The van der Waals surface area contributed by atoms with E-state index in [1.807, 2.05) is 12.1 Å². The van der Waals surface area contributed by atoms with E-state index in [-0.39, 0.29) is 12.2 Å². The van der Waals surface area contributed by atoms with Crippen molar-refractivity contribution in [3.8, 4) is 0 Å². The lowest BCUT2D eigenvalue weighted by Gasteiger charge is -2.21. The zero-order valence-electron chi connectivity index (χ0n) is 10.5. The van der Waals surface area contributed by atoms with Crippen LogP contribution in [0.2, 0.25) is 0 Å². The van der Waals surface area contributed by atoms with Gasteiger partial charge < -0.3 is 4.74 Å². The first kappa shape index (κ1) is 12.7. The number of nitrogens with zero attached hydrogens (tertiary/aromatic N) is 2. The summed E-state index contributed by atoms with van der Waals surface area (Å²) in [6, 6.07) is 3.70. The summed E-state index contributed by atoms with van der Waals surface area (Å²) in [7, 11) is 0. The second kappa shape index (κ2) is 5.33. The molecule has 0 amide bonds. The van der Waals surface area contributed by atoms with Crippen molar-refractivity contribution in [3.05, 3.63) is 29.0 Å². The third kappa shape index (κ3) is 2.66. The van der Waals surface area contributed by atoms with Crippen molar-refractivity contribution >= 4 is 33.1 Å². The molecule has 1 saturated carbocycles. The van der Waals surface area contributed by atoms with Gasteiger partial charge in [0.2, 0.25) is 0 Å². The van der Waals surface area contributed by atoms with Gasteiger partial charge in [0.05, 0.1) is 11.0 Å². The van der Waals surface area contributed by atoms with Crippen LogP contribution in [0.1, 0.15) is 32.1 Å². The largest absolute Gasteiger partial charge is 0.446 e. The van der Waals surface area contributed by atoms with E-state index in [9.17, 15) is 4.79 Å². The van der Waals surface area contributed by atoms with Crippen molar-refractivity contribution in [1.29, 1.82) is 0 Å². The van der Waals surface area contributed by atoms with Gasteiger partial charge in [0.25, 0.3) is 0 Å².